The molecule has 0 bridgehead atoms. The van der Waals surface area contributed by atoms with Crippen LogP contribution in [0, 0.1) is 0 Å². The zero-order valence-corrected chi connectivity index (χ0v) is 11.2. The average Bonchev–Trinajstić information content (AvgIpc) is 2.27. The van der Waals surface area contributed by atoms with Crippen LogP contribution in [0.4, 0.5) is 0 Å². The van der Waals surface area contributed by atoms with Crippen molar-refractivity contribution in [3.05, 3.63) is 35.9 Å². The third-order valence-corrected chi connectivity index (χ3v) is 2.03. The van der Waals surface area contributed by atoms with E-state index in [1.807, 2.05) is 51.1 Å². The van der Waals surface area contributed by atoms with Crippen LogP contribution in [0.25, 0.3) is 0 Å². The summed E-state index contributed by atoms with van der Waals surface area (Å²) in [5.41, 5.74) is 3.41. The summed E-state index contributed by atoms with van der Waals surface area (Å²) < 4.78 is 5.17. The highest BCUT2D eigenvalue weighted by Gasteiger charge is 2.15. The lowest BCUT2D eigenvalue weighted by Crippen LogP contribution is -2.26. The van der Waals surface area contributed by atoms with Crippen molar-refractivity contribution in [2.75, 3.05) is 6.54 Å². The van der Waals surface area contributed by atoms with Crippen LogP contribution in [0.1, 0.15) is 34.2 Å². The van der Waals surface area contributed by atoms with E-state index in [2.05, 4.69) is 5.48 Å². The number of hydroxylamine groups is 1. The molecule has 1 N–H and O–H groups in total. The van der Waals surface area contributed by atoms with Gasteiger partial charge in [0.2, 0.25) is 0 Å². The van der Waals surface area contributed by atoms with Gasteiger partial charge in [-0.1, -0.05) is 30.3 Å². The Hall–Kier alpha value is -1.39. The molecule has 4 heteroatoms. The first-order valence-electron chi connectivity index (χ1n) is 6.08. The largest absolute Gasteiger partial charge is 0.460 e. The Morgan fingerprint density at radius 1 is 1.28 bits per heavy atom. The Bertz CT molecular complexity index is 363. The van der Waals surface area contributed by atoms with Gasteiger partial charge < -0.3 is 4.74 Å². The summed E-state index contributed by atoms with van der Waals surface area (Å²) in [4.78, 5) is 16.6. The molecule has 0 heterocycles. The highest BCUT2D eigenvalue weighted by atomic mass is 16.6. The molecule has 18 heavy (non-hydrogen) atoms. The van der Waals surface area contributed by atoms with E-state index < -0.39 is 5.60 Å². The molecule has 0 spiro atoms. The summed E-state index contributed by atoms with van der Waals surface area (Å²) in [7, 11) is 0. The summed E-state index contributed by atoms with van der Waals surface area (Å²) >= 11 is 0. The van der Waals surface area contributed by atoms with Crippen LogP contribution in [0.5, 0.6) is 0 Å². The molecule has 0 fully saturated rings. The zero-order chi connectivity index (χ0) is 13.4. The van der Waals surface area contributed by atoms with E-state index >= 15 is 0 Å². The first-order valence-corrected chi connectivity index (χ1v) is 6.08. The zero-order valence-electron chi connectivity index (χ0n) is 11.2. The van der Waals surface area contributed by atoms with Crippen LogP contribution in [0.3, 0.4) is 0 Å². The molecule has 0 aliphatic rings. The SMILES string of the molecule is CC(C)(C)OC(=O)CCNOCc1ccccc1.[HH]. The fourth-order valence-electron chi connectivity index (χ4n) is 1.33. The predicted octanol–water partition coefficient (Wildman–Crippen LogP) is 2.69. The number of nitrogens with one attached hydrogen (secondary N) is 1. The quantitative estimate of drug-likeness (QED) is 0.481. The minimum atomic E-state index is -0.429. The van der Waals surface area contributed by atoms with Crippen molar-refractivity contribution < 1.29 is 15.8 Å². The van der Waals surface area contributed by atoms with Crippen LogP contribution in [-0.2, 0) is 21.0 Å². The van der Waals surface area contributed by atoms with Gasteiger partial charge in [0.25, 0.3) is 0 Å². The molecule has 0 saturated carbocycles. The van der Waals surface area contributed by atoms with Crippen LogP contribution >= 0.6 is 0 Å². The maximum Gasteiger partial charge on any atom is 0.307 e. The van der Waals surface area contributed by atoms with Gasteiger partial charge >= 0.3 is 5.97 Å². The Morgan fingerprint density at radius 2 is 1.94 bits per heavy atom. The number of rotatable bonds is 6. The van der Waals surface area contributed by atoms with E-state index in [1.54, 1.807) is 0 Å². The minimum absolute atomic E-state index is 0. The number of esters is 1. The number of carbonyl (C=O) groups excluding carboxylic acids is 1. The second kappa shape index (κ2) is 7.13. The van der Waals surface area contributed by atoms with Gasteiger partial charge in [0.05, 0.1) is 13.0 Å². The van der Waals surface area contributed by atoms with Crippen molar-refractivity contribution in [1.82, 2.24) is 5.48 Å². The molecule has 102 valence electrons. The molecule has 0 amide bonds. The Morgan fingerprint density at radius 3 is 2.56 bits per heavy atom. The minimum Gasteiger partial charge on any atom is -0.460 e. The highest BCUT2D eigenvalue weighted by molar-refractivity contribution is 5.70. The molecule has 1 aromatic carbocycles. The molecule has 1 rings (SSSR count). The molecular formula is C14H23NO3. The lowest BCUT2D eigenvalue weighted by Gasteiger charge is -2.19. The summed E-state index contributed by atoms with van der Waals surface area (Å²) in [6.45, 7) is 6.48. The molecule has 0 aromatic heterocycles. The monoisotopic (exact) mass is 253 g/mol. The Labute approximate surface area is 110 Å². The standard InChI is InChI=1S/C14H21NO3.H2/c1-14(2,3)18-13(16)9-10-15-17-11-12-7-5-4-6-8-12;/h4-8,15H,9-11H2,1-3H3;1H. The third kappa shape index (κ3) is 7.04. The number of carbonyl (C=O) groups is 1. The lowest BCUT2D eigenvalue weighted by molar-refractivity contribution is -0.155. The smallest absolute Gasteiger partial charge is 0.307 e. The highest BCUT2D eigenvalue weighted by Crippen LogP contribution is 2.07. The van der Waals surface area contributed by atoms with Crippen LogP contribution < -0.4 is 5.48 Å². The van der Waals surface area contributed by atoms with Crippen molar-refractivity contribution >= 4 is 5.97 Å². The fourth-order valence-corrected chi connectivity index (χ4v) is 1.33. The van der Waals surface area contributed by atoms with E-state index in [1.165, 1.54) is 0 Å². The van der Waals surface area contributed by atoms with E-state index in [-0.39, 0.29) is 7.40 Å². The first-order chi connectivity index (χ1) is 8.47. The summed E-state index contributed by atoms with van der Waals surface area (Å²) in [5, 5.41) is 0. The third-order valence-electron chi connectivity index (χ3n) is 2.03. The molecule has 0 aliphatic heterocycles. The van der Waals surface area contributed by atoms with Crippen LogP contribution in [-0.4, -0.2) is 18.1 Å². The van der Waals surface area contributed by atoms with Crippen molar-refractivity contribution in [1.29, 1.82) is 0 Å². The maximum atomic E-state index is 11.4. The molecule has 0 aliphatic carbocycles. The molecule has 0 unspecified atom stereocenters. The number of benzene rings is 1. The number of hydrogen-bond acceptors (Lipinski definition) is 4. The van der Waals surface area contributed by atoms with E-state index in [0.717, 1.165) is 5.56 Å². The molecular weight excluding hydrogens is 230 g/mol. The number of hydrogen-bond donors (Lipinski definition) is 1. The topological polar surface area (TPSA) is 47.6 Å². The molecule has 4 nitrogen and oxygen atoms in total. The van der Waals surface area contributed by atoms with Gasteiger partial charge in [-0.3, -0.25) is 9.63 Å². The van der Waals surface area contributed by atoms with Crippen molar-refractivity contribution in [3.63, 3.8) is 0 Å². The van der Waals surface area contributed by atoms with Gasteiger partial charge in [-0.25, -0.2) is 5.48 Å². The molecule has 0 radical (unpaired) electrons. The van der Waals surface area contributed by atoms with Gasteiger partial charge in [-0.2, -0.15) is 0 Å². The lowest BCUT2D eigenvalue weighted by atomic mass is 10.2. The van der Waals surface area contributed by atoms with E-state index in [0.29, 0.717) is 19.6 Å². The normalized spacial score (nSPS) is 11.3. The Kier molecular flexibility index (Phi) is 5.82. The van der Waals surface area contributed by atoms with Crippen molar-refractivity contribution in [3.8, 4) is 0 Å². The van der Waals surface area contributed by atoms with Gasteiger partial charge in [0, 0.05) is 7.97 Å². The summed E-state index contributed by atoms with van der Waals surface area (Å²) in [6, 6.07) is 9.84. The van der Waals surface area contributed by atoms with E-state index in [9.17, 15) is 4.79 Å². The summed E-state index contributed by atoms with van der Waals surface area (Å²) in [6.07, 6.45) is 0.298. The Balaban J connectivity index is 0.00000324. The second-order valence-corrected chi connectivity index (χ2v) is 5.01. The predicted molar refractivity (Wildman–Crippen MR) is 71.8 cm³/mol. The second-order valence-electron chi connectivity index (χ2n) is 5.01. The molecule has 1 aromatic rings. The van der Waals surface area contributed by atoms with Gasteiger partial charge in [0.1, 0.15) is 5.60 Å². The average molecular weight is 253 g/mol. The van der Waals surface area contributed by atoms with Gasteiger partial charge in [-0.05, 0) is 26.3 Å². The van der Waals surface area contributed by atoms with Gasteiger partial charge in [-0.15, -0.1) is 0 Å². The number of ether oxygens (including phenoxy) is 1. The molecule has 0 atom stereocenters. The van der Waals surface area contributed by atoms with Crippen molar-refractivity contribution in [2.24, 2.45) is 0 Å². The molecule has 0 saturated heterocycles. The van der Waals surface area contributed by atoms with Crippen LogP contribution in [0.2, 0.25) is 0 Å². The maximum absolute atomic E-state index is 11.4. The summed E-state index contributed by atoms with van der Waals surface area (Å²) in [5.74, 6) is -0.224. The fraction of sp³-hybridized carbons (Fsp3) is 0.500. The van der Waals surface area contributed by atoms with E-state index in [4.69, 9.17) is 9.57 Å². The first kappa shape index (κ1) is 14.7. The van der Waals surface area contributed by atoms with Gasteiger partial charge in [0.15, 0.2) is 0 Å². The van der Waals surface area contributed by atoms with Crippen molar-refractivity contribution in [2.45, 2.75) is 39.4 Å². The van der Waals surface area contributed by atoms with Crippen LogP contribution in [0.15, 0.2) is 30.3 Å².